The van der Waals surface area contributed by atoms with Gasteiger partial charge >= 0.3 is 0 Å². The molecule has 0 saturated carbocycles. The van der Waals surface area contributed by atoms with Gasteiger partial charge in [0.25, 0.3) is 11.1 Å². The molecule has 0 aliphatic heterocycles. The number of benzene rings is 2. The van der Waals surface area contributed by atoms with Crippen LogP contribution in [0.25, 0.3) is 22.2 Å². The lowest BCUT2D eigenvalue weighted by Crippen LogP contribution is -2.29. The van der Waals surface area contributed by atoms with Crippen molar-refractivity contribution in [2.45, 2.75) is 6.54 Å². The summed E-state index contributed by atoms with van der Waals surface area (Å²) in [5.41, 5.74) is 6.64. The van der Waals surface area contributed by atoms with E-state index in [1.807, 2.05) is 22.6 Å². The number of nitrogen functional groups attached to an aromatic ring is 1. The Morgan fingerprint density at radius 1 is 1.24 bits per heavy atom. The van der Waals surface area contributed by atoms with E-state index >= 15 is 0 Å². The Hall–Kier alpha value is -3.18. The van der Waals surface area contributed by atoms with E-state index in [0.29, 0.717) is 20.5 Å². The molecule has 0 aliphatic rings. The maximum absolute atomic E-state index is 14.6. The first-order valence-electron chi connectivity index (χ1n) is 9.75. The van der Waals surface area contributed by atoms with E-state index < -0.39 is 16.9 Å². The van der Waals surface area contributed by atoms with Gasteiger partial charge in [0, 0.05) is 21.9 Å². The molecule has 10 heteroatoms. The van der Waals surface area contributed by atoms with E-state index in [0.717, 1.165) is 0 Å². The molecule has 33 heavy (non-hydrogen) atoms. The molecular weight excluding hydrogens is 560 g/mol. The van der Waals surface area contributed by atoms with Crippen molar-refractivity contribution in [3.05, 3.63) is 90.2 Å². The first-order chi connectivity index (χ1) is 15.7. The van der Waals surface area contributed by atoms with Crippen LogP contribution in [0.15, 0.2) is 64.7 Å². The van der Waals surface area contributed by atoms with Gasteiger partial charge in [0.15, 0.2) is 0 Å². The zero-order valence-electron chi connectivity index (χ0n) is 17.4. The van der Waals surface area contributed by atoms with Crippen LogP contribution in [-0.4, -0.2) is 14.3 Å². The number of rotatable bonds is 5. The van der Waals surface area contributed by atoms with E-state index in [1.54, 1.807) is 30.3 Å². The minimum atomic E-state index is -0.564. The fourth-order valence-electron chi connectivity index (χ4n) is 3.55. The van der Waals surface area contributed by atoms with Crippen LogP contribution < -0.4 is 22.2 Å². The third kappa shape index (κ3) is 4.13. The molecule has 0 spiro atoms. The number of fused-ring (bicyclic) bond motifs is 1. The number of nitrogens with two attached hydrogens (primary N) is 1. The van der Waals surface area contributed by atoms with E-state index in [9.17, 15) is 14.0 Å². The van der Waals surface area contributed by atoms with Crippen molar-refractivity contribution in [1.29, 1.82) is 0 Å². The van der Waals surface area contributed by atoms with Gasteiger partial charge in [0.2, 0.25) is 0 Å². The van der Waals surface area contributed by atoms with Gasteiger partial charge in [-0.1, -0.05) is 29.8 Å². The highest BCUT2D eigenvalue weighted by molar-refractivity contribution is 14.1. The summed E-state index contributed by atoms with van der Waals surface area (Å²) in [6.07, 6.45) is 1.53. The highest BCUT2D eigenvalue weighted by Crippen LogP contribution is 2.34. The first kappa shape index (κ1) is 23.0. The molecule has 0 fully saturated rings. The Kier molecular flexibility index (Phi) is 6.26. The Balaban J connectivity index is 2.15. The number of halogens is 3. The van der Waals surface area contributed by atoms with Gasteiger partial charge in [-0.25, -0.2) is 9.07 Å². The summed E-state index contributed by atoms with van der Waals surface area (Å²) in [6, 6.07) is 11.5. The average molecular weight is 578 g/mol. The van der Waals surface area contributed by atoms with E-state index in [2.05, 4.69) is 17.0 Å². The Morgan fingerprint density at radius 2 is 2.00 bits per heavy atom. The van der Waals surface area contributed by atoms with Crippen LogP contribution in [0.3, 0.4) is 0 Å². The number of aryl methyl sites for hydroxylation is 1. The number of hydrogen-bond donors (Lipinski definition) is 2. The summed E-state index contributed by atoms with van der Waals surface area (Å²) in [5.74, 6) is -0.552. The number of anilines is 3. The maximum Gasteiger partial charge on any atom is 0.278 e. The number of aromatic nitrogens is 3. The summed E-state index contributed by atoms with van der Waals surface area (Å²) >= 11 is 8.39. The molecule has 0 saturated heterocycles. The molecule has 0 radical (unpaired) electrons. The third-order valence-electron chi connectivity index (χ3n) is 5.08. The van der Waals surface area contributed by atoms with E-state index in [1.165, 1.54) is 34.5 Å². The number of nitrogens with zero attached hydrogens (tertiary/aromatic N) is 3. The fourth-order valence-corrected chi connectivity index (χ4v) is 4.27. The van der Waals surface area contributed by atoms with Crippen molar-refractivity contribution >= 4 is 62.2 Å². The molecule has 4 rings (SSSR count). The van der Waals surface area contributed by atoms with Crippen molar-refractivity contribution in [2.75, 3.05) is 11.1 Å². The maximum atomic E-state index is 14.6. The highest BCUT2D eigenvalue weighted by Gasteiger charge is 2.23. The molecule has 0 aliphatic carbocycles. The second-order valence-electron chi connectivity index (χ2n) is 7.28. The molecule has 0 bridgehead atoms. The van der Waals surface area contributed by atoms with Gasteiger partial charge < -0.3 is 15.6 Å². The lowest BCUT2D eigenvalue weighted by molar-refractivity contribution is 0.631. The molecule has 7 nitrogen and oxygen atoms in total. The Bertz CT molecular complexity index is 1550. The summed E-state index contributed by atoms with van der Waals surface area (Å²) < 4.78 is 17.8. The van der Waals surface area contributed by atoms with Gasteiger partial charge in [0.05, 0.1) is 28.8 Å². The monoisotopic (exact) mass is 577 g/mol. The summed E-state index contributed by atoms with van der Waals surface area (Å²) in [5, 5.41) is 7.20. The van der Waals surface area contributed by atoms with Crippen molar-refractivity contribution < 1.29 is 4.39 Å². The highest BCUT2D eigenvalue weighted by atomic mass is 127. The normalized spacial score (nSPS) is 11.0. The smallest absolute Gasteiger partial charge is 0.278 e. The van der Waals surface area contributed by atoms with Gasteiger partial charge in [-0.3, -0.25) is 9.59 Å². The third-order valence-corrected chi connectivity index (χ3v) is 6.10. The van der Waals surface area contributed by atoms with Crippen LogP contribution in [0.4, 0.5) is 21.5 Å². The fraction of sp³-hybridized carbons (Fsp3) is 0.0870. The topological polar surface area (TPSA) is 94.9 Å². The predicted octanol–water partition coefficient (Wildman–Crippen LogP) is 4.67. The molecule has 2 heterocycles. The molecule has 0 amide bonds. The quantitative estimate of drug-likeness (QED) is 0.204. The molecule has 2 aromatic carbocycles. The molecule has 168 valence electrons. The molecular formula is C23H18ClFIN5O2. The summed E-state index contributed by atoms with van der Waals surface area (Å²) in [4.78, 5) is 26.5. The van der Waals surface area contributed by atoms with Crippen molar-refractivity contribution in [3.8, 4) is 11.3 Å². The van der Waals surface area contributed by atoms with Crippen LogP contribution >= 0.6 is 34.2 Å². The molecule has 2 aromatic heterocycles. The molecule has 0 unspecified atom stereocenters. The second-order valence-corrected chi connectivity index (χ2v) is 8.90. The van der Waals surface area contributed by atoms with Crippen LogP contribution in [0, 0.1) is 9.39 Å². The summed E-state index contributed by atoms with van der Waals surface area (Å²) in [7, 11) is 1.50. The lowest BCUT2D eigenvalue weighted by atomic mass is 10.1. The molecule has 0 atom stereocenters. The predicted molar refractivity (Wildman–Crippen MR) is 139 cm³/mol. The van der Waals surface area contributed by atoms with Gasteiger partial charge in [-0.2, -0.15) is 5.10 Å². The second kappa shape index (κ2) is 8.99. The average Bonchev–Trinajstić information content (AvgIpc) is 2.78. The standard InChI is InChI=1S/C23H18ClFIN5O2/c1-3-9-31-22(32)17-20(28-16-8-7-13(26)11-15(16)25)18(24)23(33)30(2)21(17)19(29-31)12-5-4-6-14(27)10-12/h3-8,10-11,28H,1,9,27H2,2H3. The first-order valence-corrected chi connectivity index (χ1v) is 11.2. The van der Waals surface area contributed by atoms with E-state index in [-0.39, 0.29) is 33.8 Å². The number of hydrogen-bond acceptors (Lipinski definition) is 5. The van der Waals surface area contributed by atoms with Gasteiger partial charge in [-0.15, -0.1) is 6.58 Å². The zero-order valence-corrected chi connectivity index (χ0v) is 20.3. The van der Waals surface area contributed by atoms with Crippen molar-refractivity contribution in [2.24, 2.45) is 7.05 Å². The number of allylic oxidation sites excluding steroid dienone is 1. The van der Waals surface area contributed by atoms with E-state index in [4.69, 9.17) is 17.3 Å². The van der Waals surface area contributed by atoms with Crippen molar-refractivity contribution in [1.82, 2.24) is 14.3 Å². The zero-order chi connectivity index (χ0) is 23.9. The van der Waals surface area contributed by atoms with Crippen LogP contribution in [0.2, 0.25) is 5.02 Å². The summed E-state index contributed by atoms with van der Waals surface area (Å²) in [6.45, 7) is 3.80. The molecule has 3 N–H and O–H groups in total. The Morgan fingerprint density at radius 3 is 2.67 bits per heavy atom. The SMILES string of the molecule is C=CCn1nc(-c2cccc(N)c2)c2c(c(Nc3ccc(I)cc3F)c(Cl)c(=O)n2C)c1=O. The number of nitrogens with one attached hydrogen (secondary N) is 1. The van der Waals surface area contributed by atoms with Crippen molar-refractivity contribution in [3.63, 3.8) is 0 Å². The van der Waals surface area contributed by atoms with Crippen LogP contribution in [0.1, 0.15) is 0 Å². The van der Waals surface area contributed by atoms with Gasteiger partial charge in [0.1, 0.15) is 16.5 Å². The molecule has 4 aromatic rings. The largest absolute Gasteiger partial charge is 0.399 e. The minimum Gasteiger partial charge on any atom is -0.399 e. The lowest BCUT2D eigenvalue weighted by Gasteiger charge is -2.18. The van der Waals surface area contributed by atoms with Gasteiger partial charge in [-0.05, 0) is 52.9 Å². The van der Waals surface area contributed by atoms with Crippen LogP contribution in [-0.2, 0) is 13.6 Å². The van der Waals surface area contributed by atoms with Crippen LogP contribution in [0.5, 0.6) is 0 Å². The minimum absolute atomic E-state index is 0.00485. The number of pyridine rings is 1. The Labute approximate surface area is 206 Å².